The third kappa shape index (κ3) is 3.76. The van der Waals surface area contributed by atoms with E-state index in [2.05, 4.69) is 10.8 Å². The van der Waals surface area contributed by atoms with Gasteiger partial charge >= 0.3 is 0 Å². The van der Waals surface area contributed by atoms with Crippen molar-refractivity contribution in [2.45, 2.75) is 51.0 Å². The van der Waals surface area contributed by atoms with E-state index in [-0.39, 0.29) is 12.0 Å². The van der Waals surface area contributed by atoms with Crippen molar-refractivity contribution < 1.29 is 9.63 Å². The molecule has 0 spiro atoms. The molecule has 1 aliphatic heterocycles. The highest BCUT2D eigenvalue weighted by Gasteiger charge is 2.18. The summed E-state index contributed by atoms with van der Waals surface area (Å²) in [5.74, 6) is 0.719. The van der Waals surface area contributed by atoms with Crippen LogP contribution in [0.3, 0.4) is 0 Å². The van der Waals surface area contributed by atoms with Crippen molar-refractivity contribution in [3.63, 3.8) is 0 Å². The van der Waals surface area contributed by atoms with Gasteiger partial charge in [0.15, 0.2) is 0 Å². The van der Waals surface area contributed by atoms with Crippen LogP contribution in [0.25, 0.3) is 0 Å². The normalized spacial score (nSPS) is 26.1. The summed E-state index contributed by atoms with van der Waals surface area (Å²) in [6.45, 7) is 2.17. The summed E-state index contributed by atoms with van der Waals surface area (Å²) in [6.07, 6.45) is 7.68. The van der Waals surface area contributed by atoms with Gasteiger partial charge in [-0.3, -0.25) is 9.63 Å². The molecule has 4 heteroatoms. The second kappa shape index (κ2) is 6.21. The maximum atomic E-state index is 11.5. The summed E-state index contributed by atoms with van der Waals surface area (Å²) < 4.78 is 0. The Balaban J connectivity index is 1.53. The molecule has 1 amide bonds. The summed E-state index contributed by atoms with van der Waals surface area (Å²) in [6, 6.07) is 0. The van der Waals surface area contributed by atoms with Gasteiger partial charge in [0.05, 0.1) is 6.10 Å². The first kappa shape index (κ1) is 11.9. The summed E-state index contributed by atoms with van der Waals surface area (Å²) in [7, 11) is 0. The van der Waals surface area contributed by atoms with Gasteiger partial charge in [0.25, 0.3) is 0 Å². The van der Waals surface area contributed by atoms with E-state index in [9.17, 15) is 4.79 Å². The maximum Gasteiger partial charge on any atom is 0.243 e. The van der Waals surface area contributed by atoms with Crippen molar-refractivity contribution in [3.05, 3.63) is 0 Å². The van der Waals surface area contributed by atoms with E-state index in [1.807, 2.05) is 0 Å². The van der Waals surface area contributed by atoms with E-state index in [1.54, 1.807) is 0 Å². The zero-order valence-corrected chi connectivity index (χ0v) is 9.84. The Bertz CT molecular complexity index is 199. The van der Waals surface area contributed by atoms with Gasteiger partial charge in [-0.25, -0.2) is 5.48 Å². The lowest BCUT2D eigenvalue weighted by molar-refractivity contribution is -0.138. The number of carbonyl (C=O) groups excluding carboxylic acids is 1. The van der Waals surface area contributed by atoms with E-state index in [4.69, 9.17) is 4.84 Å². The predicted octanol–water partition coefficient (Wildman–Crippen LogP) is 1.37. The Morgan fingerprint density at radius 1 is 1.31 bits per heavy atom. The smallest absolute Gasteiger partial charge is 0.243 e. The van der Waals surface area contributed by atoms with Crippen LogP contribution in [0, 0.1) is 5.92 Å². The molecule has 1 aliphatic carbocycles. The van der Waals surface area contributed by atoms with Crippen LogP contribution in [-0.2, 0) is 9.63 Å². The molecule has 0 radical (unpaired) electrons. The summed E-state index contributed by atoms with van der Waals surface area (Å²) in [5.41, 5.74) is 2.59. The molecule has 16 heavy (non-hydrogen) atoms. The number of hydrogen-bond donors (Lipinski definition) is 2. The summed E-state index contributed by atoms with van der Waals surface area (Å²) >= 11 is 0. The average molecular weight is 226 g/mol. The Hall–Kier alpha value is -0.610. The van der Waals surface area contributed by atoms with E-state index in [0.717, 1.165) is 32.4 Å². The Kier molecular flexibility index (Phi) is 4.60. The third-order valence-corrected chi connectivity index (χ3v) is 3.58. The van der Waals surface area contributed by atoms with Gasteiger partial charge in [0.1, 0.15) is 0 Å². The fraction of sp³-hybridized carbons (Fsp3) is 0.917. The Morgan fingerprint density at radius 2 is 2.12 bits per heavy atom. The first-order valence-corrected chi connectivity index (χ1v) is 6.50. The predicted molar refractivity (Wildman–Crippen MR) is 61.7 cm³/mol. The number of rotatable bonds is 5. The monoisotopic (exact) mass is 226 g/mol. The van der Waals surface area contributed by atoms with Gasteiger partial charge in [0, 0.05) is 6.42 Å². The van der Waals surface area contributed by atoms with Crippen LogP contribution >= 0.6 is 0 Å². The lowest BCUT2D eigenvalue weighted by atomic mass is 10.0. The van der Waals surface area contributed by atoms with Crippen LogP contribution in [-0.4, -0.2) is 25.1 Å². The molecule has 1 saturated carbocycles. The van der Waals surface area contributed by atoms with Gasteiger partial charge in [-0.2, -0.15) is 0 Å². The Morgan fingerprint density at radius 3 is 2.81 bits per heavy atom. The number of carbonyl (C=O) groups is 1. The molecule has 0 aromatic carbocycles. The molecule has 1 atom stereocenters. The van der Waals surface area contributed by atoms with Crippen molar-refractivity contribution in [3.8, 4) is 0 Å². The van der Waals surface area contributed by atoms with Crippen LogP contribution in [0.2, 0.25) is 0 Å². The minimum atomic E-state index is 0.0406. The SMILES string of the molecule is O=C(CCC1CCNC1)NOC1CCCC1. The number of amides is 1. The zero-order chi connectivity index (χ0) is 11.2. The van der Waals surface area contributed by atoms with Crippen LogP contribution < -0.4 is 10.8 Å². The molecule has 2 N–H and O–H groups in total. The van der Waals surface area contributed by atoms with Crippen molar-refractivity contribution in [2.75, 3.05) is 13.1 Å². The molecule has 2 rings (SSSR count). The van der Waals surface area contributed by atoms with Crippen molar-refractivity contribution in [1.29, 1.82) is 0 Å². The molecule has 1 heterocycles. The minimum absolute atomic E-state index is 0.0406. The molecular weight excluding hydrogens is 204 g/mol. The standard InChI is InChI=1S/C12H22N2O2/c15-12(6-5-10-7-8-13-9-10)14-16-11-3-1-2-4-11/h10-11,13H,1-9H2,(H,14,15). The van der Waals surface area contributed by atoms with E-state index in [1.165, 1.54) is 19.3 Å². The lowest BCUT2D eigenvalue weighted by Crippen LogP contribution is -2.28. The van der Waals surface area contributed by atoms with Gasteiger partial charge in [-0.1, -0.05) is 12.8 Å². The zero-order valence-electron chi connectivity index (χ0n) is 9.84. The second-order valence-electron chi connectivity index (χ2n) is 4.95. The second-order valence-corrected chi connectivity index (χ2v) is 4.95. The number of nitrogens with one attached hydrogen (secondary N) is 2. The van der Waals surface area contributed by atoms with Crippen molar-refractivity contribution in [2.24, 2.45) is 5.92 Å². The summed E-state index contributed by atoms with van der Waals surface area (Å²) in [4.78, 5) is 16.9. The molecule has 0 bridgehead atoms. The largest absolute Gasteiger partial charge is 0.316 e. The van der Waals surface area contributed by atoms with E-state index < -0.39 is 0 Å². The highest BCUT2D eigenvalue weighted by atomic mass is 16.7. The molecule has 1 saturated heterocycles. The molecule has 4 nitrogen and oxygen atoms in total. The quantitative estimate of drug-likeness (QED) is 0.696. The van der Waals surface area contributed by atoms with Gasteiger partial charge in [-0.05, 0) is 44.7 Å². The maximum absolute atomic E-state index is 11.5. The van der Waals surface area contributed by atoms with Crippen LogP contribution in [0.1, 0.15) is 44.9 Å². The lowest BCUT2D eigenvalue weighted by Gasteiger charge is -2.12. The van der Waals surface area contributed by atoms with Gasteiger partial charge in [-0.15, -0.1) is 0 Å². The number of hydroxylamine groups is 1. The first-order valence-electron chi connectivity index (χ1n) is 6.50. The van der Waals surface area contributed by atoms with Gasteiger partial charge in [0.2, 0.25) is 5.91 Å². The third-order valence-electron chi connectivity index (χ3n) is 3.58. The van der Waals surface area contributed by atoms with E-state index >= 15 is 0 Å². The molecule has 92 valence electrons. The van der Waals surface area contributed by atoms with E-state index in [0.29, 0.717) is 12.3 Å². The minimum Gasteiger partial charge on any atom is -0.316 e. The highest BCUT2D eigenvalue weighted by Crippen LogP contribution is 2.20. The molecular formula is C12H22N2O2. The van der Waals surface area contributed by atoms with Gasteiger partial charge < -0.3 is 5.32 Å². The molecule has 2 aliphatic rings. The summed E-state index contributed by atoms with van der Waals surface area (Å²) in [5, 5.41) is 3.31. The molecule has 0 aromatic heterocycles. The molecule has 1 unspecified atom stereocenters. The topological polar surface area (TPSA) is 50.4 Å². The van der Waals surface area contributed by atoms with Crippen LogP contribution in [0.4, 0.5) is 0 Å². The number of hydrogen-bond acceptors (Lipinski definition) is 3. The van der Waals surface area contributed by atoms with Crippen LogP contribution in [0.5, 0.6) is 0 Å². The van der Waals surface area contributed by atoms with Crippen molar-refractivity contribution >= 4 is 5.91 Å². The fourth-order valence-corrected chi connectivity index (χ4v) is 2.50. The molecule has 2 fully saturated rings. The molecule has 0 aromatic rings. The Labute approximate surface area is 97.1 Å². The first-order chi connectivity index (χ1) is 7.84. The van der Waals surface area contributed by atoms with Crippen LogP contribution in [0.15, 0.2) is 0 Å². The average Bonchev–Trinajstić information content (AvgIpc) is 2.96. The highest BCUT2D eigenvalue weighted by molar-refractivity contribution is 5.74. The fourth-order valence-electron chi connectivity index (χ4n) is 2.50. The van der Waals surface area contributed by atoms with Crippen molar-refractivity contribution in [1.82, 2.24) is 10.8 Å².